The van der Waals surface area contributed by atoms with Crippen LogP contribution in [0.5, 0.6) is 11.8 Å². The Morgan fingerprint density at radius 2 is 2.21 bits per heavy atom. The number of aromatic nitrogens is 2. The maximum Gasteiger partial charge on any atom is 0.318 e. The van der Waals surface area contributed by atoms with Crippen LogP contribution in [0.4, 0.5) is 11.5 Å². The molecule has 2 heterocycles. The van der Waals surface area contributed by atoms with Gasteiger partial charge in [0, 0.05) is 30.4 Å². The second kappa shape index (κ2) is 4.74. The number of aromatic hydroxyl groups is 1. The lowest BCUT2D eigenvalue weighted by molar-refractivity contribution is 0.379. The highest BCUT2D eigenvalue weighted by atomic mass is 16.5. The predicted molar refractivity (Wildman–Crippen MR) is 70.5 cm³/mol. The highest BCUT2D eigenvalue weighted by Gasteiger charge is 2.19. The number of rotatable bonds is 3. The normalized spacial score (nSPS) is 13.1. The van der Waals surface area contributed by atoms with E-state index in [1.807, 2.05) is 6.07 Å². The molecule has 0 saturated carbocycles. The van der Waals surface area contributed by atoms with Crippen molar-refractivity contribution in [1.29, 1.82) is 0 Å². The molecule has 0 fully saturated rings. The summed E-state index contributed by atoms with van der Waals surface area (Å²) in [5.41, 5.74) is 2.74. The van der Waals surface area contributed by atoms with Crippen LogP contribution in [0.1, 0.15) is 11.3 Å². The Morgan fingerprint density at radius 1 is 1.32 bits per heavy atom. The highest BCUT2D eigenvalue weighted by Crippen LogP contribution is 2.27. The van der Waals surface area contributed by atoms with E-state index >= 15 is 0 Å². The lowest BCUT2D eigenvalue weighted by Gasteiger charge is -2.11. The molecule has 3 rings (SSSR count). The molecule has 1 aliphatic heterocycles. The van der Waals surface area contributed by atoms with Crippen molar-refractivity contribution in [2.75, 3.05) is 12.4 Å². The maximum absolute atomic E-state index is 9.48. The monoisotopic (exact) mass is 258 g/mol. The second-order valence-electron chi connectivity index (χ2n) is 4.26. The molecule has 1 aliphatic rings. The van der Waals surface area contributed by atoms with Gasteiger partial charge in [0.05, 0.1) is 12.8 Å². The number of fused-ring (bicyclic) bond motifs is 1. The fourth-order valence-corrected chi connectivity index (χ4v) is 2.06. The summed E-state index contributed by atoms with van der Waals surface area (Å²) in [7, 11) is 1.54. The molecule has 6 heteroatoms. The van der Waals surface area contributed by atoms with Gasteiger partial charge >= 0.3 is 6.01 Å². The zero-order valence-electron chi connectivity index (χ0n) is 10.5. The average Bonchev–Trinajstić information content (AvgIpc) is 2.87. The van der Waals surface area contributed by atoms with Gasteiger partial charge in [-0.3, -0.25) is 0 Å². The van der Waals surface area contributed by atoms with Gasteiger partial charge in [-0.1, -0.05) is 6.07 Å². The molecule has 0 atom stereocenters. The molecule has 0 aliphatic carbocycles. The van der Waals surface area contributed by atoms with Gasteiger partial charge in [0.1, 0.15) is 11.6 Å². The summed E-state index contributed by atoms with van der Waals surface area (Å²) in [5.74, 6) is 0.915. The van der Waals surface area contributed by atoms with Crippen molar-refractivity contribution in [2.24, 2.45) is 0 Å². The number of anilines is 2. The Balaban J connectivity index is 1.98. The molecule has 1 aromatic carbocycles. The van der Waals surface area contributed by atoms with E-state index in [1.54, 1.807) is 25.3 Å². The summed E-state index contributed by atoms with van der Waals surface area (Å²) < 4.78 is 5.10. The van der Waals surface area contributed by atoms with Crippen LogP contribution in [-0.2, 0) is 13.1 Å². The third-order valence-corrected chi connectivity index (χ3v) is 2.96. The Hall–Kier alpha value is -2.34. The van der Waals surface area contributed by atoms with E-state index in [9.17, 15) is 5.11 Å². The minimum Gasteiger partial charge on any atom is -0.508 e. The van der Waals surface area contributed by atoms with Gasteiger partial charge in [0.2, 0.25) is 0 Å². The van der Waals surface area contributed by atoms with Crippen LogP contribution in [0.25, 0.3) is 0 Å². The van der Waals surface area contributed by atoms with Crippen molar-refractivity contribution in [3.63, 3.8) is 0 Å². The van der Waals surface area contributed by atoms with Crippen molar-refractivity contribution in [2.45, 2.75) is 13.1 Å². The molecule has 0 unspecified atom stereocenters. The highest BCUT2D eigenvalue weighted by molar-refractivity contribution is 5.62. The quantitative estimate of drug-likeness (QED) is 0.775. The standard InChI is InChI=1S/C13H14N4O2/c1-19-13-16-11-7-14-6-10(11)12(17-13)15-8-3-2-4-9(18)5-8/h2-5,14,18H,6-7H2,1H3,(H,15,16,17). The number of phenolic OH excluding ortho intramolecular Hbond substituents is 1. The number of nitrogens with zero attached hydrogens (tertiary/aromatic N) is 2. The Morgan fingerprint density at radius 3 is 3.00 bits per heavy atom. The number of hydrogen-bond acceptors (Lipinski definition) is 6. The summed E-state index contributed by atoms with van der Waals surface area (Å²) in [5, 5.41) is 15.9. The lowest BCUT2D eigenvalue weighted by Crippen LogP contribution is -2.04. The molecule has 0 spiro atoms. The Labute approximate surface area is 110 Å². The average molecular weight is 258 g/mol. The molecule has 0 saturated heterocycles. The minimum absolute atomic E-state index is 0.209. The number of nitrogens with one attached hydrogen (secondary N) is 2. The van der Waals surface area contributed by atoms with Crippen LogP contribution in [0.15, 0.2) is 24.3 Å². The first kappa shape index (κ1) is 11.7. The minimum atomic E-state index is 0.209. The molecule has 19 heavy (non-hydrogen) atoms. The maximum atomic E-state index is 9.48. The Bertz CT molecular complexity index is 616. The van der Waals surface area contributed by atoms with Crippen molar-refractivity contribution < 1.29 is 9.84 Å². The van der Waals surface area contributed by atoms with E-state index in [-0.39, 0.29) is 5.75 Å². The van der Waals surface area contributed by atoms with E-state index in [1.165, 1.54) is 0 Å². The first-order chi connectivity index (χ1) is 9.26. The number of ether oxygens (including phenoxy) is 1. The number of phenols is 1. The lowest BCUT2D eigenvalue weighted by atomic mass is 10.2. The van der Waals surface area contributed by atoms with Crippen LogP contribution in [0.2, 0.25) is 0 Å². The molecular formula is C13H14N4O2. The van der Waals surface area contributed by atoms with Gasteiger partial charge in [0.15, 0.2) is 0 Å². The largest absolute Gasteiger partial charge is 0.508 e. The molecule has 6 nitrogen and oxygen atoms in total. The van der Waals surface area contributed by atoms with Crippen LogP contribution >= 0.6 is 0 Å². The SMILES string of the molecule is COc1nc2c(c(Nc3cccc(O)c3)n1)CNC2. The van der Waals surface area contributed by atoms with E-state index in [0.717, 1.165) is 23.5 Å². The number of hydrogen-bond donors (Lipinski definition) is 3. The number of benzene rings is 1. The van der Waals surface area contributed by atoms with Gasteiger partial charge in [-0.2, -0.15) is 9.97 Å². The van der Waals surface area contributed by atoms with Crippen molar-refractivity contribution in [3.05, 3.63) is 35.5 Å². The van der Waals surface area contributed by atoms with Crippen LogP contribution in [-0.4, -0.2) is 22.2 Å². The molecule has 98 valence electrons. The van der Waals surface area contributed by atoms with Crippen LogP contribution in [0.3, 0.4) is 0 Å². The van der Waals surface area contributed by atoms with Crippen molar-refractivity contribution in [3.8, 4) is 11.8 Å². The van der Waals surface area contributed by atoms with E-state index in [4.69, 9.17) is 4.74 Å². The summed E-state index contributed by atoms with van der Waals surface area (Å²) >= 11 is 0. The zero-order chi connectivity index (χ0) is 13.2. The molecule has 2 aromatic rings. The fourth-order valence-electron chi connectivity index (χ4n) is 2.06. The summed E-state index contributed by atoms with van der Waals surface area (Å²) in [4.78, 5) is 8.63. The summed E-state index contributed by atoms with van der Waals surface area (Å²) in [6, 6.07) is 7.24. The molecular weight excluding hydrogens is 244 g/mol. The first-order valence-corrected chi connectivity index (χ1v) is 5.97. The second-order valence-corrected chi connectivity index (χ2v) is 4.26. The molecule has 0 bridgehead atoms. The summed E-state index contributed by atoms with van der Waals surface area (Å²) in [6.45, 7) is 1.43. The van der Waals surface area contributed by atoms with Gasteiger partial charge in [-0.05, 0) is 12.1 Å². The molecule has 0 amide bonds. The topological polar surface area (TPSA) is 79.3 Å². The van der Waals surface area contributed by atoms with Crippen LogP contribution in [0, 0.1) is 0 Å². The zero-order valence-corrected chi connectivity index (χ0v) is 10.5. The van der Waals surface area contributed by atoms with Crippen LogP contribution < -0.4 is 15.4 Å². The predicted octanol–water partition coefficient (Wildman–Crippen LogP) is 1.54. The van der Waals surface area contributed by atoms with Crippen molar-refractivity contribution in [1.82, 2.24) is 15.3 Å². The smallest absolute Gasteiger partial charge is 0.318 e. The van der Waals surface area contributed by atoms with Gasteiger partial charge in [-0.25, -0.2) is 0 Å². The third-order valence-electron chi connectivity index (χ3n) is 2.96. The first-order valence-electron chi connectivity index (χ1n) is 5.97. The van der Waals surface area contributed by atoms with E-state index < -0.39 is 0 Å². The number of methoxy groups -OCH3 is 1. The van der Waals surface area contributed by atoms with E-state index in [0.29, 0.717) is 18.4 Å². The summed E-state index contributed by atoms with van der Waals surface area (Å²) in [6.07, 6.45) is 0. The Kier molecular flexibility index (Phi) is 2.92. The van der Waals surface area contributed by atoms with E-state index in [2.05, 4.69) is 20.6 Å². The van der Waals surface area contributed by atoms with Gasteiger partial charge in [-0.15, -0.1) is 0 Å². The molecule has 1 aromatic heterocycles. The fraction of sp³-hybridized carbons (Fsp3) is 0.231. The van der Waals surface area contributed by atoms with Gasteiger partial charge in [0.25, 0.3) is 0 Å². The molecule has 0 radical (unpaired) electrons. The van der Waals surface area contributed by atoms with Crippen molar-refractivity contribution >= 4 is 11.5 Å². The molecule has 3 N–H and O–H groups in total. The van der Waals surface area contributed by atoms with Gasteiger partial charge < -0.3 is 20.5 Å². The third kappa shape index (κ3) is 2.30.